The van der Waals surface area contributed by atoms with E-state index in [1.165, 1.54) is 0 Å². The van der Waals surface area contributed by atoms with Crippen LogP contribution in [0.1, 0.15) is 53.3 Å². The molecule has 2 aliphatic heterocycles. The van der Waals surface area contributed by atoms with Crippen molar-refractivity contribution in [3.05, 3.63) is 95.8 Å². The van der Waals surface area contributed by atoms with Crippen LogP contribution in [0.4, 0.5) is 5.69 Å². The fraction of sp³-hybridized carbons (Fsp3) is 0.310. The first-order valence-electron chi connectivity index (χ1n) is 12.2. The Labute approximate surface area is 205 Å². The molecule has 6 nitrogen and oxygen atoms in total. The van der Waals surface area contributed by atoms with Crippen molar-refractivity contribution in [3.63, 3.8) is 0 Å². The summed E-state index contributed by atoms with van der Waals surface area (Å²) < 4.78 is 0. The van der Waals surface area contributed by atoms with Crippen molar-refractivity contribution in [1.29, 1.82) is 0 Å². The number of rotatable bonds is 6. The molecule has 1 aromatic heterocycles. The molecular formula is C29H29N3O3. The predicted molar refractivity (Wildman–Crippen MR) is 134 cm³/mol. The predicted octanol–water partition coefficient (Wildman–Crippen LogP) is 4.75. The molecular weight excluding hydrogens is 438 g/mol. The van der Waals surface area contributed by atoms with E-state index in [-0.39, 0.29) is 36.5 Å². The number of anilines is 1. The van der Waals surface area contributed by atoms with Gasteiger partial charge < -0.3 is 9.80 Å². The van der Waals surface area contributed by atoms with Gasteiger partial charge in [0.25, 0.3) is 0 Å². The van der Waals surface area contributed by atoms with Gasteiger partial charge in [0.1, 0.15) is 0 Å². The normalized spacial score (nSPS) is 18.9. The number of benzene rings is 2. The van der Waals surface area contributed by atoms with Crippen molar-refractivity contribution in [3.8, 4) is 0 Å². The highest BCUT2D eigenvalue weighted by Gasteiger charge is 2.62. The molecule has 3 aromatic rings. The first-order valence-corrected chi connectivity index (χ1v) is 12.2. The number of para-hydroxylation sites is 1. The number of nitrogens with zero attached hydrogens (tertiary/aromatic N) is 3. The number of aryl methyl sites for hydroxylation is 1. The van der Waals surface area contributed by atoms with Crippen LogP contribution in [0.15, 0.2) is 79.0 Å². The Hall–Kier alpha value is -3.80. The summed E-state index contributed by atoms with van der Waals surface area (Å²) in [5.74, 6) is 0.0529. The minimum absolute atomic E-state index is 0.0188. The average molecular weight is 468 g/mol. The summed E-state index contributed by atoms with van der Waals surface area (Å²) in [6.45, 7) is 3.00. The molecule has 0 aliphatic carbocycles. The van der Waals surface area contributed by atoms with E-state index in [1.807, 2.05) is 89.5 Å². The second-order valence-corrected chi connectivity index (χ2v) is 9.49. The van der Waals surface area contributed by atoms with Gasteiger partial charge >= 0.3 is 0 Å². The first-order chi connectivity index (χ1) is 17.0. The Kier molecular flexibility index (Phi) is 6.20. The van der Waals surface area contributed by atoms with E-state index in [2.05, 4.69) is 4.98 Å². The van der Waals surface area contributed by atoms with Crippen LogP contribution in [0.5, 0.6) is 0 Å². The highest BCUT2D eigenvalue weighted by molar-refractivity contribution is 6.06. The summed E-state index contributed by atoms with van der Waals surface area (Å²) in [5, 5.41) is 0. The number of Topliss-reactive ketones (excluding diaryl/α,β-unsaturated/α-hetero) is 1. The number of aromatic nitrogens is 1. The van der Waals surface area contributed by atoms with Crippen molar-refractivity contribution in [2.75, 3.05) is 18.0 Å². The Bertz CT molecular complexity index is 1220. The molecule has 1 atom stereocenters. The maximum atomic E-state index is 13.5. The van der Waals surface area contributed by atoms with Gasteiger partial charge in [-0.15, -0.1) is 0 Å². The van der Waals surface area contributed by atoms with Crippen LogP contribution in [0.25, 0.3) is 0 Å². The smallest absolute Gasteiger partial charge is 0.236 e. The molecule has 2 fully saturated rings. The van der Waals surface area contributed by atoms with E-state index in [0.29, 0.717) is 31.5 Å². The summed E-state index contributed by atoms with van der Waals surface area (Å²) in [5.41, 5.74) is 2.92. The zero-order chi connectivity index (χ0) is 24.4. The zero-order valence-corrected chi connectivity index (χ0v) is 19.9. The Morgan fingerprint density at radius 3 is 2.26 bits per heavy atom. The quantitative estimate of drug-likeness (QED) is 0.388. The van der Waals surface area contributed by atoms with Crippen molar-refractivity contribution in [2.24, 2.45) is 5.41 Å². The Balaban J connectivity index is 1.26. The second-order valence-electron chi connectivity index (χ2n) is 9.49. The van der Waals surface area contributed by atoms with Crippen LogP contribution in [0.3, 0.4) is 0 Å². The van der Waals surface area contributed by atoms with E-state index in [4.69, 9.17) is 0 Å². The number of carbonyl (C=O) groups excluding carboxylic acids is 3. The second kappa shape index (κ2) is 9.45. The number of likely N-dealkylation sites (tertiary alicyclic amines) is 1. The highest BCUT2D eigenvalue weighted by atomic mass is 16.2. The number of piperidine rings is 1. The number of ketones is 1. The molecule has 0 saturated carbocycles. The standard InChI is InChI=1S/C29H29N3O3/c1-21-10-12-22(13-11-21)25(33)14-15-26(34)31-19-16-29(17-20-31)27(24-9-5-6-18-30-24)32(28(29)35)23-7-3-2-4-8-23/h2-13,18,27H,14-17,19-20H2,1H3. The van der Waals surface area contributed by atoms with Crippen LogP contribution in [0, 0.1) is 12.3 Å². The van der Waals surface area contributed by atoms with E-state index < -0.39 is 5.41 Å². The minimum Gasteiger partial charge on any atom is -0.343 e. The van der Waals surface area contributed by atoms with Gasteiger partial charge in [-0.2, -0.15) is 0 Å². The van der Waals surface area contributed by atoms with Crippen molar-refractivity contribution < 1.29 is 14.4 Å². The lowest BCUT2D eigenvalue weighted by atomic mass is 9.63. The molecule has 0 bridgehead atoms. The molecule has 2 aliphatic rings. The van der Waals surface area contributed by atoms with Gasteiger partial charge in [-0.1, -0.05) is 54.1 Å². The first kappa shape index (κ1) is 23.0. The van der Waals surface area contributed by atoms with Crippen molar-refractivity contribution in [2.45, 2.75) is 38.6 Å². The number of hydrogen-bond donors (Lipinski definition) is 0. The fourth-order valence-corrected chi connectivity index (χ4v) is 5.37. The highest BCUT2D eigenvalue weighted by Crippen LogP contribution is 2.57. The third kappa shape index (κ3) is 4.25. The molecule has 1 spiro atoms. The van der Waals surface area contributed by atoms with E-state index in [9.17, 15) is 14.4 Å². The SMILES string of the molecule is Cc1ccc(C(=O)CCC(=O)N2CCC3(CC2)C(=O)N(c2ccccc2)C3c2ccccn2)cc1. The summed E-state index contributed by atoms with van der Waals surface area (Å²) in [4.78, 5) is 47.2. The maximum absolute atomic E-state index is 13.5. The topological polar surface area (TPSA) is 70.6 Å². The molecule has 6 heteroatoms. The maximum Gasteiger partial charge on any atom is 0.236 e. The Morgan fingerprint density at radius 1 is 0.914 bits per heavy atom. The number of β-lactam (4-membered cyclic amide) rings is 1. The summed E-state index contributed by atoms with van der Waals surface area (Å²) >= 11 is 0. The molecule has 0 radical (unpaired) electrons. The molecule has 5 rings (SSSR count). The van der Waals surface area contributed by atoms with Crippen LogP contribution in [-0.2, 0) is 9.59 Å². The van der Waals surface area contributed by atoms with E-state index >= 15 is 0 Å². The summed E-state index contributed by atoms with van der Waals surface area (Å²) in [7, 11) is 0. The van der Waals surface area contributed by atoms with Gasteiger partial charge in [-0.05, 0) is 44.0 Å². The number of pyridine rings is 1. The molecule has 2 amide bonds. The summed E-state index contributed by atoms with van der Waals surface area (Å²) in [6, 6.07) is 22.8. The number of amides is 2. The monoisotopic (exact) mass is 467 g/mol. The van der Waals surface area contributed by atoms with Crippen LogP contribution in [-0.4, -0.2) is 40.6 Å². The van der Waals surface area contributed by atoms with Crippen LogP contribution >= 0.6 is 0 Å². The summed E-state index contributed by atoms with van der Waals surface area (Å²) in [6.07, 6.45) is 3.33. The molecule has 2 saturated heterocycles. The van der Waals surface area contributed by atoms with Gasteiger partial charge in [-0.25, -0.2) is 0 Å². The lowest BCUT2D eigenvalue weighted by Crippen LogP contribution is -2.67. The van der Waals surface area contributed by atoms with Crippen LogP contribution < -0.4 is 4.90 Å². The third-order valence-electron chi connectivity index (χ3n) is 7.38. The van der Waals surface area contributed by atoms with Gasteiger partial charge in [-0.3, -0.25) is 19.4 Å². The van der Waals surface area contributed by atoms with Gasteiger partial charge in [0.15, 0.2) is 5.78 Å². The van der Waals surface area contributed by atoms with Gasteiger partial charge in [0.05, 0.1) is 17.2 Å². The Morgan fingerprint density at radius 2 is 1.60 bits per heavy atom. The lowest BCUT2D eigenvalue weighted by molar-refractivity contribution is -0.149. The lowest BCUT2D eigenvalue weighted by Gasteiger charge is -2.58. The van der Waals surface area contributed by atoms with Crippen LogP contribution in [0.2, 0.25) is 0 Å². The van der Waals surface area contributed by atoms with E-state index in [1.54, 1.807) is 6.20 Å². The molecule has 1 unspecified atom stereocenters. The van der Waals surface area contributed by atoms with Crippen molar-refractivity contribution in [1.82, 2.24) is 9.88 Å². The minimum atomic E-state index is -0.557. The number of hydrogen-bond acceptors (Lipinski definition) is 4. The molecule has 0 N–H and O–H groups in total. The largest absolute Gasteiger partial charge is 0.343 e. The molecule has 35 heavy (non-hydrogen) atoms. The third-order valence-corrected chi connectivity index (χ3v) is 7.38. The molecule has 2 aromatic carbocycles. The molecule has 178 valence electrons. The zero-order valence-electron chi connectivity index (χ0n) is 19.9. The fourth-order valence-electron chi connectivity index (χ4n) is 5.37. The van der Waals surface area contributed by atoms with Crippen molar-refractivity contribution >= 4 is 23.3 Å². The van der Waals surface area contributed by atoms with Gasteiger partial charge in [0.2, 0.25) is 11.8 Å². The number of carbonyl (C=O) groups is 3. The van der Waals surface area contributed by atoms with Gasteiger partial charge in [0, 0.05) is 43.4 Å². The molecule has 3 heterocycles. The van der Waals surface area contributed by atoms with E-state index in [0.717, 1.165) is 16.9 Å². The average Bonchev–Trinajstić information content (AvgIpc) is 2.91.